The van der Waals surface area contributed by atoms with Crippen molar-refractivity contribution >= 4 is 17.5 Å². The SMILES string of the molecule is C=CC(=O)N1CC2(CC(Nc3cc(N4CCOCC4)ncn3)C2)C1. The van der Waals surface area contributed by atoms with Crippen LogP contribution in [0.4, 0.5) is 11.6 Å². The lowest BCUT2D eigenvalue weighted by atomic mass is 9.60. The van der Waals surface area contributed by atoms with E-state index in [0.29, 0.717) is 11.5 Å². The zero-order chi connectivity index (χ0) is 16.6. The topological polar surface area (TPSA) is 70.6 Å². The monoisotopic (exact) mass is 329 g/mol. The van der Waals surface area contributed by atoms with E-state index >= 15 is 0 Å². The van der Waals surface area contributed by atoms with Gasteiger partial charge in [0.2, 0.25) is 5.91 Å². The van der Waals surface area contributed by atoms with E-state index in [4.69, 9.17) is 4.74 Å². The molecule has 1 aliphatic carbocycles. The van der Waals surface area contributed by atoms with Gasteiger partial charge in [0.25, 0.3) is 0 Å². The number of hydrogen-bond donors (Lipinski definition) is 1. The van der Waals surface area contributed by atoms with E-state index in [1.54, 1.807) is 6.33 Å². The third kappa shape index (κ3) is 2.84. The predicted molar refractivity (Wildman–Crippen MR) is 90.9 cm³/mol. The van der Waals surface area contributed by atoms with Crippen molar-refractivity contribution in [1.82, 2.24) is 14.9 Å². The van der Waals surface area contributed by atoms with Crippen LogP contribution in [0.5, 0.6) is 0 Å². The molecule has 4 rings (SSSR count). The van der Waals surface area contributed by atoms with Crippen LogP contribution in [0.25, 0.3) is 0 Å². The summed E-state index contributed by atoms with van der Waals surface area (Å²) < 4.78 is 5.38. The molecular formula is C17H23N5O2. The van der Waals surface area contributed by atoms with Gasteiger partial charge in [0.15, 0.2) is 0 Å². The Balaban J connectivity index is 1.30. The van der Waals surface area contributed by atoms with Crippen LogP contribution in [0, 0.1) is 5.41 Å². The first-order chi connectivity index (χ1) is 11.7. The maximum absolute atomic E-state index is 11.5. The Morgan fingerprint density at radius 1 is 1.33 bits per heavy atom. The molecule has 1 aromatic heterocycles. The van der Waals surface area contributed by atoms with Crippen molar-refractivity contribution in [3.63, 3.8) is 0 Å². The highest BCUT2D eigenvalue weighted by Crippen LogP contribution is 2.49. The van der Waals surface area contributed by atoms with Gasteiger partial charge in [0, 0.05) is 43.7 Å². The maximum atomic E-state index is 11.5. The summed E-state index contributed by atoms with van der Waals surface area (Å²) in [6, 6.07) is 2.45. The molecule has 0 aromatic carbocycles. The van der Waals surface area contributed by atoms with Crippen molar-refractivity contribution in [2.75, 3.05) is 49.6 Å². The van der Waals surface area contributed by atoms with Crippen LogP contribution in [0.15, 0.2) is 25.0 Å². The van der Waals surface area contributed by atoms with E-state index in [1.165, 1.54) is 6.08 Å². The fraction of sp³-hybridized carbons (Fsp3) is 0.588. The fourth-order valence-corrected chi connectivity index (χ4v) is 3.99. The van der Waals surface area contributed by atoms with Crippen molar-refractivity contribution < 1.29 is 9.53 Å². The molecule has 7 nitrogen and oxygen atoms in total. The molecule has 1 aromatic rings. The second-order valence-electron chi connectivity index (χ2n) is 7.01. The van der Waals surface area contributed by atoms with E-state index in [1.807, 2.05) is 11.0 Å². The number of nitrogens with zero attached hydrogens (tertiary/aromatic N) is 4. The van der Waals surface area contributed by atoms with E-state index in [0.717, 1.165) is 63.9 Å². The summed E-state index contributed by atoms with van der Waals surface area (Å²) in [4.78, 5) is 24.4. The third-order valence-corrected chi connectivity index (χ3v) is 5.24. The van der Waals surface area contributed by atoms with Crippen LogP contribution in [0.3, 0.4) is 0 Å². The van der Waals surface area contributed by atoms with Gasteiger partial charge >= 0.3 is 0 Å². The molecule has 128 valence electrons. The van der Waals surface area contributed by atoms with Crippen molar-refractivity contribution in [2.45, 2.75) is 18.9 Å². The minimum absolute atomic E-state index is 0.0444. The number of carbonyl (C=O) groups is 1. The van der Waals surface area contributed by atoms with Gasteiger partial charge in [-0.05, 0) is 18.9 Å². The van der Waals surface area contributed by atoms with E-state index in [-0.39, 0.29) is 5.91 Å². The van der Waals surface area contributed by atoms with Crippen LogP contribution >= 0.6 is 0 Å². The molecule has 3 aliphatic rings. The van der Waals surface area contributed by atoms with Crippen molar-refractivity contribution in [3.05, 3.63) is 25.0 Å². The molecule has 3 fully saturated rings. The average molecular weight is 329 g/mol. The summed E-state index contributed by atoms with van der Waals surface area (Å²) in [7, 11) is 0. The summed E-state index contributed by atoms with van der Waals surface area (Å²) in [5.41, 5.74) is 0.316. The largest absolute Gasteiger partial charge is 0.378 e. The van der Waals surface area contributed by atoms with Gasteiger partial charge in [-0.2, -0.15) is 0 Å². The van der Waals surface area contributed by atoms with Gasteiger partial charge < -0.3 is 19.9 Å². The summed E-state index contributed by atoms with van der Waals surface area (Å²) in [5, 5.41) is 3.51. The van der Waals surface area contributed by atoms with Crippen LogP contribution < -0.4 is 10.2 Å². The summed E-state index contributed by atoms with van der Waals surface area (Å²) in [6.07, 6.45) is 5.19. The highest BCUT2D eigenvalue weighted by molar-refractivity contribution is 5.87. The van der Waals surface area contributed by atoms with Gasteiger partial charge in [0.05, 0.1) is 13.2 Å². The van der Waals surface area contributed by atoms with Crippen molar-refractivity contribution in [2.24, 2.45) is 5.41 Å². The molecule has 3 heterocycles. The Kier molecular flexibility index (Phi) is 3.88. The Bertz CT molecular complexity index is 630. The molecule has 1 amide bonds. The number of nitrogens with one attached hydrogen (secondary N) is 1. The first kappa shape index (κ1) is 15.4. The number of amides is 1. The van der Waals surface area contributed by atoms with Gasteiger partial charge in [-0.1, -0.05) is 6.58 Å². The molecule has 0 unspecified atom stereocenters. The fourth-order valence-electron chi connectivity index (χ4n) is 3.99. The van der Waals surface area contributed by atoms with Crippen molar-refractivity contribution in [3.8, 4) is 0 Å². The molecule has 0 radical (unpaired) electrons. The number of morpholine rings is 1. The standard InChI is InChI=1S/C17H23N5O2/c1-2-16(23)22-10-17(11-22)8-13(9-17)20-14-7-15(19-12-18-14)21-3-5-24-6-4-21/h2,7,12-13H,1,3-6,8-11H2,(H,18,19,20). The molecule has 1 saturated carbocycles. The maximum Gasteiger partial charge on any atom is 0.245 e. The summed E-state index contributed by atoms with van der Waals surface area (Å²) in [5.74, 6) is 1.88. The molecule has 24 heavy (non-hydrogen) atoms. The molecule has 1 N–H and O–H groups in total. The molecular weight excluding hydrogens is 306 g/mol. The highest BCUT2D eigenvalue weighted by Gasteiger charge is 2.53. The zero-order valence-corrected chi connectivity index (χ0v) is 13.8. The Morgan fingerprint density at radius 2 is 2.08 bits per heavy atom. The number of carbonyl (C=O) groups excluding carboxylic acids is 1. The second kappa shape index (κ2) is 6.05. The van der Waals surface area contributed by atoms with Gasteiger partial charge in [-0.3, -0.25) is 4.79 Å². The van der Waals surface area contributed by atoms with Gasteiger partial charge in [0.1, 0.15) is 18.0 Å². The number of rotatable bonds is 4. The van der Waals surface area contributed by atoms with E-state index in [9.17, 15) is 4.79 Å². The number of hydrogen-bond acceptors (Lipinski definition) is 6. The van der Waals surface area contributed by atoms with Crippen LogP contribution in [-0.4, -0.2) is 66.2 Å². The molecule has 7 heteroatoms. The minimum Gasteiger partial charge on any atom is -0.378 e. The van der Waals surface area contributed by atoms with E-state index in [2.05, 4.69) is 26.8 Å². The van der Waals surface area contributed by atoms with E-state index < -0.39 is 0 Å². The quantitative estimate of drug-likeness (QED) is 0.828. The third-order valence-electron chi connectivity index (χ3n) is 5.24. The summed E-state index contributed by atoms with van der Waals surface area (Å²) >= 11 is 0. The number of aromatic nitrogens is 2. The lowest BCUT2D eigenvalue weighted by molar-refractivity contribution is -0.144. The molecule has 2 aliphatic heterocycles. The first-order valence-corrected chi connectivity index (χ1v) is 8.50. The number of anilines is 2. The Labute approximate surface area is 141 Å². The number of likely N-dealkylation sites (tertiary alicyclic amines) is 1. The van der Waals surface area contributed by atoms with Crippen LogP contribution in [0.2, 0.25) is 0 Å². The molecule has 0 atom stereocenters. The van der Waals surface area contributed by atoms with Crippen LogP contribution in [0.1, 0.15) is 12.8 Å². The Morgan fingerprint density at radius 3 is 2.79 bits per heavy atom. The average Bonchev–Trinajstić information content (AvgIpc) is 2.56. The van der Waals surface area contributed by atoms with Crippen LogP contribution in [-0.2, 0) is 9.53 Å². The Hall–Kier alpha value is -2.15. The van der Waals surface area contributed by atoms with Crippen molar-refractivity contribution in [1.29, 1.82) is 0 Å². The minimum atomic E-state index is 0.0444. The van der Waals surface area contributed by atoms with Gasteiger partial charge in [-0.15, -0.1) is 0 Å². The first-order valence-electron chi connectivity index (χ1n) is 8.50. The molecule has 1 spiro atoms. The van der Waals surface area contributed by atoms with Gasteiger partial charge in [-0.25, -0.2) is 9.97 Å². The zero-order valence-electron chi connectivity index (χ0n) is 13.8. The number of ether oxygens (including phenoxy) is 1. The highest BCUT2D eigenvalue weighted by atomic mass is 16.5. The molecule has 0 bridgehead atoms. The lowest BCUT2D eigenvalue weighted by Gasteiger charge is -2.59. The second-order valence-corrected chi connectivity index (χ2v) is 7.01. The predicted octanol–water partition coefficient (Wildman–Crippen LogP) is 0.902. The normalized spacial score (nSPS) is 22.7. The lowest BCUT2D eigenvalue weighted by Crippen LogP contribution is -2.65. The smallest absolute Gasteiger partial charge is 0.245 e. The molecule has 2 saturated heterocycles. The summed E-state index contributed by atoms with van der Waals surface area (Å²) in [6.45, 7) is 8.50.